The van der Waals surface area contributed by atoms with Gasteiger partial charge in [0.25, 0.3) is 0 Å². The second-order valence-corrected chi connectivity index (χ2v) is 7.11. The van der Waals surface area contributed by atoms with E-state index in [1.165, 1.54) is 11.1 Å². The van der Waals surface area contributed by atoms with Crippen molar-refractivity contribution in [2.45, 2.75) is 18.8 Å². The molecule has 0 aliphatic heterocycles. The highest BCUT2D eigenvalue weighted by Crippen LogP contribution is 2.41. The van der Waals surface area contributed by atoms with Crippen molar-refractivity contribution in [3.05, 3.63) is 83.4 Å². The highest BCUT2D eigenvalue weighted by atomic mass is 16.5. The molecule has 4 nitrogen and oxygen atoms in total. The zero-order valence-corrected chi connectivity index (χ0v) is 17.7. The van der Waals surface area contributed by atoms with Gasteiger partial charge in [-0.1, -0.05) is 37.3 Å². The first kappa shape index (κ1) is 20.6. The zero-order valence-electron chi connectivity index (χ0n) is 17.7. The van der Waals surface area contributed by atoms with Gasteiger partial charge in [0.1, 0.15) is 23.0 Å². The van der Waals surface area contributed by atoms with Crippen molar-refractivity contribution in [1.82, 2.24) is 0 Å². The van der Waals surface area contributed by atoms with E-state index >= 15 is 0 Å². The van der Waals surface area contributed by atoms with Gasteiger partial charge in [0.05, 0.1) is 28.4 Å². The number of hydrogen-bond donors (Lipinski definition) is 0. The molecule has 0 aliphatic rings. The highest BCUT2D eigenvalue weighted by molar-refractivity contribution is 5.50. The molecule has 0 heterocycles. The van der Waals surface area contributed by atoms with Crippen molar-refractivity contribution in [1.29, 1.82) is 0 Å². The largest absolute Gasteiger partial charge is 0.497 e. The Bertz CT molecular complexity index is 860. The standard InChI is InChI=1S/C25H28O4/c1-25(18-9-13-20(26-2)14-10-18,19-11-15-21(27-3)16-12-19)17-22-23(28-4)7-6-8-24(22)29-5/h6-16H,17H2,1-5H3. The fraction of sp³-hybridized carbons (Fsp3) is 0.280. The van der Waals surface area contributed by atoms with Gasteiger partial charge in [-0.3, -0.25) is 0 Å². The molecule has 0 fully saturated rings. The Balaban J connectivity index is 2.15. The predicted octanol–water partition coefficient (Wildman–Crippen LogP) is 5.27. The zero-order chi connectivity index (χ0) is 20.9. The number of methoxy groups -OCH3 is 4. The summed E-state index contributed by atoms with van der Waals surface area (Å²) >= 11 is 0. The first-order valence-electron chi connectivity index (χ1n) is 9.54. The third-order valence-electron chi connectivity index (χ3n) is 5.51. The van der Waals surface area contributed by atoms with Crippen molar-refractivity contribution < 1.29 is 18.9 Å². The van der Waals surface area contributed by atoms with Crippen LogP contribution in [0, 0.1) is 0 Å². The number of hydrogen-bond acceptors (Lipinski definition) is 4. The van der Waals surface area contributed by atoms with Crippen LogP contribution in [0.4, 0.5) is 0 Å². The second-order valence-electron chi connectivity index (χ2n) is 7.11. The van der Waals surface area contributed by atoms with Crippen molar-refractivity contribution in [3.8, 4) is 23.0 Å². The maximum atomic E-state index is 5.66. The van der Waals surface area contributed by atoms with Gasteiger partial charge < -0.3 is 18.9 Å². The lowest BCUT2D eigenvalue weighted by atomic mass is 9.72. The van der Waals surface area contributed by atoms with Crippen LogP contribution in [0.25, 0.3) is 0 Å². The molecule has 29 heavy (non-hydrogen) atoms. The normalized spacial score (nSPS) is 11.1. The molecular formula is C25H28O4. The number of benzene rings is 3. The maximum Gasteiger partial charge on any atom is 0.125 e. The molecule has 0 aliphatic carbocycles. The van der Waals surface area contributed by atoms with Crippen LogP contribution in [0.2, 0.25) is 0 Å². The van der Waals surface area contributed by atoms with E-state index in [9.17, 15) is 0 Å². The molecule has 0 spiro atoms. The molecule has 0 N–H and O–H groups in total. The van der Waals surface area contributed by atoms with Crippen LogP contribution in [0.1, 0.15) is 23.6 Å². The summed E-state index contributed by atoms with van der Waals surface area (Å²) in [6.07, 6.45) is 0.707. The molecular weight excluding hydrogens is 364 g/mol. The van der Waals surface area contributed by atoms with Crippen molar-refractivity contribution in [2.75, 3.05) is 28.4 Å². The Morgan fingerprint density at radius 3 is 1.34 bits per heavy atom. The summed E-state index contributed by atoms with van der Waals surface area (Å²) in [5, 5.41) is 0. The van der Waals surface area contributed by atoms with Gasteiger partial charge >= 0.3 is 0 Å². The van der Waals surface area contributed by atoms with E-state index < -0.39 is 0 Å². The molecule has 0 bridgehead atoms. The van der Waals surface area contributed by atoms with Gasteiger partial charge in [0.2, 0.25) is 0 Å². The van der Waals surface area contributed by atoms with Crippen molar-refractivity contribution >= 4 is 0 Å². The molecule has 0 atom stereocenters. The Morgan fingerprint density at radius 2 is 1.00 bits per heavy atom. The van der Waals surface area contributed by atoms with E-state index in [0.29, 0.717) is 6.42 Å². The van der Waals surface area contributed by atoms with Crippen LogP contribution in [0.15, 0.2) is 66.7 Å². The van der Waals surface area contributed by atoms with Gasteiger partial charge in [0, 0.05) is 11.0 Å². The minimum absolute atomic E-state index is 0.319. The van der Waals surface area contributed by atoms with Crippen LogP contribution >= 0.6 is 0 Å². The Hall–Kier alpha value is -3.14. The topological polar surface area (TPSA) is 36.9 Å². The molecule has 3 aromatic rings. The molecule has 3 rings (SSSR count). The Morgan fingerprint density at radius 1 is 0.586 bits per heavy atom. The third kappa shape index (κ3) is 4.16. The SMILES string of the molecule is COc1ccc(C(C)(Cc2c(OC)cccc2OC)c2ccc(OC)cc2)cc1. The summed E-state index contributed by atoms with van der Waals surface area (Å²) < 4.78 is 22.0. The predicted molar refractivity (Wildman–Crippen MR) is 116 cm³/mol. The summed E-state index contributed by atoms with van der Waals surface area (Å²) in [5.41, 5.74) is 3.07. The number of rotatable bonds is 8. The van der Waals surface area contributed by atoms with E-state index in [1.807, 2.05) is 42.5 Å². The van der Waals surface area contributed by atoms with Gasteiger partial charge in [-0.05, 0) is 53.9 Å². The maximum absolute atomic E-state index is 5.66. The van der Waals surface area contributed by atoms with Crippen molar-refractivity contribution in [2.24, 2.45) is 0 Å². The highest BCUT2D eigenvalue weighted by Gasteiger charge is 2.32. The summed E-state index contributed by atoms with van der Waals surface area (Å²) in [6, 6.07) is 22.3. The summed E-state index contributed by atoms with van der Waals surface area (Å²) in [4.78, 5) is 0. The molecule has 3 aromatic carbocycles. The smallest absolute Gasteiger partial charge is 0.125 e. The summed E-state index contributed by atoms with van der Waals surface area (Å²) in [5.74, 6) is 3.30. The van der Waals surface area contributed by atoms with Crippen LogP contribution in [-0.2, 0) is 11.8 Å². The average molecular weight is 392 g/mol. The first-order chi connectivity index (χ1) is 14.0. The first-order valence-corrected chi connectivity index (χ1v) is 9.54. The van der Waals surface area contributed by atoms with E-state index in [0.717, 1.165) is 28.6 Å². The van der Waals surface area contributed by atoms with E-state index in [-0.39, 0.29) is 5.41 Å². The molecule has 0 saturated heterocycles. The van der Waals surface area contributed by atoms with Gasteiger partial charge in [-0.25, -0.2) is 0 Å². The molecule has 0 amide bonds. The van der Waals surface area contributed by atoms with Crippen LogP contribution in [0.5, 0.6) is 23.0 Å². The fourth-order valence-electron chi connectivity index (χ4n) is 3.74. The molecule has 4 heteroatoms. The van der Waals surface area contributed by atoms with Crippen molar-refractivity contribution in [3.63, 3.8) is 0 Å². The molecule has 0 aromatic heterocycles. The van der Waals surface area contributed by atoms with Gasteiger partial charge in [-0.2, -0.15) is 0 Å². The monoisotopic (exact) mass is 392 g/mol. The molecule has 0 unspecified atom stereocenters. The van der Waals surface area contributed by atoms with Gasteiger partial charge in [-0.15, -0.1) is 0 Å². The lowest BCUT2D eigenvalue weighted by molar-refractivity contribution is 0.378. The molecule has 0 radical (unpaired) electrons. The number of ether oxygens (including phenoxy) is 4. The quantitative estimate of drug-likeness (QED) is 0.523. The molecule has 0 saturated carbocycles. The third-order valence-corrected chi connectivity index (χ3v) is 5.51. The van der Waals surface area contributed by atoms with E-state index in [1.54, 1.807) is 28.4 Å². The lowest BCUT2D eigenvalue weighted by Gasteiger charge is -2.32. The fourth-order valence-corrected chi connectivity index (χ4v) is 3.74. The lowest BCUT2D eigenvalue weighted by Crippen LogP contribution is -2.27. The van der Waals surface area contributed by atoms with Crippen LogP contribution < -0.4 is 18.9 Å². The van der Waals surface area contributed by atoms with E-state index in [4.69, 9.17) is 18.9 Å². The summed E-state index contributed by atoms with van der Waals surface area (Å²) in [6.45, 7) is 2.24. The van der Waals surface area contributed by atoms with Crippen LogP contribution in [-0.4, -0.2) is 28.4 Å². The van der Waals surface area contributed by atoms with Gasteiger partial charge in [0.15, 0.2) is 0 Å². The Labute approximate surface area is 173 Å². The average Bonchev–Trinajstić information content (AvgIpc) is 2.79. The summed E-state index contributed by atoms with van der Waals surface area (Å²) in [7, 11) is 6.74. The molecule has 152 valence electrons. The minimum Gasteiger partial charge on any atom is -0.497 e. The minimum atomic E-state index is -0.319. The Kier molecular flexibility index (Phi) is 6.32. The van der Waals surface area contributed by atoms with E-state index in [2.05, 4.69) is 31.2 Å². The second kappa shape index (κ2) is 8.91. The van der Waals surface area contributed by atoms with Crippen LogP contribution in [0.3, 0.4) is 0 Å².